The molecule has 3 aromatic heterocycles. The molecule has 1 amide bonds. The topological polar surface area (TPSA) is 121 Å². The highest BCUT2D eigenvalue weighted by Crippen LogP contribution is 2.31. The molecule has 208 valence electrons. The number of aliphatic imine (C=N–C) groups is 1. The summed E-state index contributed by atoms with van der Waals surface area (Å²) in [5.74, 6) is -0.200. The lowest BCUT2D eigenvalue weighted by molar-refractivity contribution is 0.0500. The lowest BCUT2D eigenvalue weighted by atomic mass is 10.0. The molecule has 2 atom stereocenters. The average Bonchev–Trinajstić information content (AvgIpc) is 3.32. The number of aromatic nitrogens is 4. The van der Waals surface area contributed by atoms with Gasteiger partial charge in [0, 0.05) is 55.1 Å². The van der Waals surface area contributed by atoms with Crippen LogP contribution in [-0.2, 0) is 4.74 Å². The van der Waals surface area contributed by atoms with Crippen LogP contribution < -0.4 is 10.2 Å². The summed E-state index contributed by atoms with van der Waals surface area (Å²) < 4.78 is 7.40. The molecule has 5 rings (SSSR count). The summed E-state index contributed by atoms with van der Waals surface area (Å²) in [6.07, 6.45) is 8.50. The van der Waals surface area contributed by atoms with E-state index >= 15 is 0 Å². The van der Waals surface area contributed by atoms with Gasteiger partial charge in [-0.1, -0.05) is 6.07 Å². The fourth-order valence-electron chi connectivity index (χ4n) is 4.78. The standard InChI is InChI=1S/C29H34N8O2S/c1-29(2,3)39-28(38)33-22-6-5-11-36(18-22)23-12-20-13-24(8-9-25(20)32-16-23)40-27-35-34-26-10-7-19(17-37(26)27)21(14-30)15-31-4/h7-10,12-17,21-22,30H,5-6,11,18H2,1-4H3,(H,33,38). The maximum absolute atomic E-state index is 12.3. The third-order valence-corrected chi connectivity index (χ3v) is 7.57. The number of anilines is 1. The number of pyridine rings is 2. The van der Waals surface area contributed by atoms with Gasteiger partial charge in [-0.2, -0.15) is 0 Å². The van der Waals surface area contributed by atoms with Gasteiger partial charge in [-0.25, -0.2) is 4.79 Å². The van der Waals surface area contributed by atoms with Gasteiger partial charge in [0.15, 0.2) is 10.8 Å². The fourth-order valence-corrected chi connectivity index (χ4v) is 5.64. The Bertz CT molecular complexity index is 1560. The number of benzene rings is 1. The minimum atomic E-state index is -0.524. The first kappa shape index (κ1) is 27.6. The van der Waals surface area contributed by atoms with E-state index in [9.17, 15) is 4.79 Å². The molecule has 4 heterocycles. The maximum atomic E-state index is 12.3. The van der Waals surface area contributed by atoms with Crippen LogP contribution in [0.5, 0.6) is 0 Å². The van der Waals surface area contributed by atoms with Gasteiger partial charge < -0.3 is 20.4 Å². The number of carbonyl (C=O) groups is 1. The Kier molecular flexibility index (Phi) is 8.02. The molecule has 2 N–H and O–H groups in total. The summed E-state index contributed by atoms with van der Waals surface area (Å²) in [5, 5.41) is 21.3. The Labute approximate surface area is 237 Å². The molecule has 0 spiro atoms. The number of nitrogens with one attached hydrogen (secondary N) is 2. The Hall–Kier alpha value is -3.99. The SMILES string of the molecule is CN=CC(C=N)c1ccc2nnc(Sc3ccc4ncc(N5CCCC(NC(=O)OC(C)(C)C)C5)cc4c3)n2c1. The second-order valence-corrected chi connectivity index (χ2v) is 11.9. The van der Waals surface area contributed by atoms with Crippen molar-refractivity contribution in [3.8, 4) is 0 Å². The quantitative estimate of drug-likeness (QED) is 0.293. The van der Waals surface area contributed by atoms with Crippen molar-refractivity contribution < 1.29 is 9.53 Å². The minimum absolute atomic E-state index is 0.0168. The Morgan fingerprint density at radius 3 is 2.88 bits per heavy atom. The maximum Gasteiger partial charge on any atom is 0.407 e. The molecule has 0 radical (unpaired) electrons. The summed E-state index contributed by atoms with van der Waals surface area (Å²) in [5.41, 5.74) is 3.10. The first-order chi connectivity index (χ1) is 19.2. The summed E-state index contributed by atoms with van der Waals surface area (Å²) in [6, 6.07) is 12.2. The molecular formula is C29H34N8O2S. The molecule has 40 heavy (non-hydrogen) atoms. The van der Waals surface area contributed by atoms with E-state index in [-0.39, 0.29) is 18.1 Å². The van der Waals surface area contributed by atoms with Crippen molar-refractivity contribution in [2.24, 2.45) is 4.99 Å². The van der Waals surface area contributed by atoms with E-state index < -0.39 is 5.60 Å². The van der Waals surface area contributed by atoms with E-state index in [1.807, 2.05) is 61.8 Å². The molecule has 1 aliphatic rings. The third kappa shape index (κ3) is 6.41. The molecule has 4 aromatic rings. The van der Waals surface area contributed by atoms with E-state index in [1.165, 1.54) is 18.0 Å². The van der Waals surface area contributed by atoms with Gasteiger partial charge in [-0.15, -0.1) is 10.2 Å². The molecule has 1 fully saturated rings. The van der Waals surface area contributed by atoms with Crippen LogP contribution in [-0.4, -0.2) is 69.9 Å². The van der Waals surface area contributed by atoms with Gasteiger partial charge in [-0.05, 0) is 81.3 Å². The van der Waals surface area contributed by atoms with Gasteiger partial charge in [0.2, 0.25) is 0 Å². The summed E-state index contributed by atoms with van der Waals surface area (Å²) in [7, 11) is 1.71. The van der Waals surface area contributed by atoms with Crippen molar-refractivity contribution in [1.29, 1.82) is 5.41 Å². The highest BCUT2D eigenvalue weighted by molar-refractivity contribution is 7.99. The van der Waals surface area contributed by atoms with E-state index in [1.54, 1.807) is 13.3 Å². The average molecular weight is 559 g/mol. The molecule has 2 unspecified atom stereocenters. The highest BCUT2D eigenvalue weighted by Gasteiger charge is 2.25. The Morgan fingerprint density at radius 2 is 2.10 bits per heavy atom. The van der Waals surface area contributed by atoms with Crippen LogP contribution in [0, 0.1) is 5.41 Å². The van der Waals surface area contributed by atoms with Crippen molar-refractivity contribution >= 4 is 52.5 Å². The smallest absolute Gasteiger partial charge is 0.407 e. The zero-order valence-corrected chi connectivity index (χ0v) is 24.0. The number of piperidine rings is 1. The van der Waals surface area contributed by atoms with Crippen LogP contribution in [0.3, 0.4) is 0 Å². The Morgan fingerprint density at radius 1 is 1.25 bits per heavy atom. The van der Waals surface area contributed by atoms with Crippen molar-refractivity contribution in [3.05, 3.63) is 54.4 Å². The highest BCUT2D eigenvalue weighted by atomic mass is 32.2. The van der Waals surface area contributed by atoms with Gasteiger partial charge in [0.25, 0.3) is 0 Å². The van der Waals surface area contributed by atoms with Crippen molar-refractivity contribution in [2.45, 2.75) is 61.2 Å². The lowest BCUT2D eigenvalue weighted by Crippen LogP contribution is -2.49. The van der Waals surface area contributed by atoms with E-state index in [4.69, 9.17) is 15.1 Å². The van der Waals surface area contributed by atoms with Gasteiger partial charge in [0.1, 0.15) is 5.60 Å². The van der Waals surface area contributed by atoms with Crippen LogP contribution in [0.15, 0.2) is 63.8 Å². The Balaban J connectivity index is 1.34. The van der Waals surface area contributed by atoms with Gasteiger partial charge >= 0.3 is 6.09 Å². The predicted octanol–water partition coefficient (Wildman–Crippen LogP) is 5.36. The normalized spacial score (nSPS) is 16.9. The number of alkyl carbamates (subject to hydrolysis) is 1. The number of hydrogen-bond donors (Lipinski definition) is 2. The van der Waals surface area contributed by atoms with E-state index in [0.717, 1.165) is 57.2 Å². The lowest BCUT2D eigenvalue weighted by Gasteiger charge is -2.35. The number of amides is 1. The summed E-state index contributed by atoms with van der Waals surface area (Å²) >= 11 is 1.53. The molecule has 0 saturated carbocycles. The molecule has 10 nitrogen and oxygen atoms in total. The van der Waals surface area contributed by atoms with Gasteiger partial charge in [-0.3, -0.25) is 14.4 Å². The second kappa shape index (κ2) is 11.6. The van der Waals surface area contributed by atoms with Gasteiger partial charge in [0.05, 0.1) is 23.3 Å². The van der Waals surface area contributed by atoms with Crippen molar-refractivity contribution in [2.75, 3.05) is 25.0 Å². The number of rotatable bonds is 7. The largest absolute Gasteiger partial charge is 0.444 e. The summed E-state index contributed by atoms with van der Waals surface area (Å²) in [6.45, 7) is 7.21. The second-order valence-electron chi connectivity index (χ2n) is 10.9. The fraction of sp³-hybridized carbons (Fsp3) is 0.379. The van der Waals surface area contributed by atoms with Crippen LogP contribution in [0.1, 0.15) is 45.1 Å². The van der Waals surface area contributed by atoms with Crippen LogP contribution in [0.2, 0.25) is 0 Å². The minimum Gasteiger partial charge on any atom is -0.444 e. The van der Waals surface area contributed by atoms with Crippen LogP contribution >= 0.6 is 11.8 Å². The number of carbonyl (C=O) groups excluding carboxylic acids is 1. The van der Waals surface area contributed by atoms with E-state index in [0.29, 0.717) is 6.54 Å². The van der Waals surface area contributed by atoms with Crippen LogP contribution in [0.4, 0.5) is 10.5 Å². The van der Waals surface area contributed by atoms with E-state index in [2.05, 4.69) is 37.5 Å². The zero-order chi connectivity index (χ0) is 28.3. The van der Waals surface area contributed by atoms with Crippen molar-refractivity contribution in [1.82, 2.24) is 24.9 Å². The molecule has 1 aromatic carbocycles. The third-order valence-electron chi connectivity index (χ3n) is 6.62. The molecule has 0 aliphatic carbocycles. The molecule has 0 bridgehead atoms. The number of nitrogens with zero attached hydrogens (tertiary/aromatic N) is 6. The first-order valence-corrected chi connectivity index (χ1v) is 14.1. The zero-order valence-electron chi connectivity index (χ0n) is 23.2. The summed E-state index contributed by atoms with van der Waals surface area (Å²) in [4.78, 5) is 24.4. The molecule has 11 heteroatoms. The van der Waals surface area contributed by atoms with Crippen molar-refractivity contribution in [3.63, 3.8) is 0 Å². The molecule has 1 aliphatic heterocycles. The number of ether oxygens (including phenoxy) is 1. The molecule has 1 saturated heterocycles. The number of hydrogen-bond acceptors (Lipinski definition) is 9. The number of fused-ring (bicyclic) bond motifs is 2. The predicted molar refractivity (Wildman–Crippen MR) is 159 cm³/mol. The first-order valence-electron chi connectivity index (χ1n) is 13.3. The molecular weight excluding hydrogens is 524 g/mol. The monoisotopic (exact) mass is 558 g/mol. The van der Waals surface area contributed by atoms with Crippen LogP contribution in [0.25, 0.3) is 16.6 Å².